The first-order chi connectivity index (χ1) is 10.6. The maximum absolute atomic E-state index is 13.4. The van der Waals surface area contributed by atoms with E-state index in [1.54, 1.807) is 18.2 Å². The van der Waals surface area contributed by atoms with Gasteiger partial charge >= 0.3 is 0 Å². The SMILES string of the molecule is C[C@H](C(=O)NC1CCCC1)N(C)CCOc1ccccc1F. The van der Waals surface area contributed by atoms with Gasteiger partial charge in [-0.1, -0.05) is 25.0 Å². The van der Waals surface area contributed by atoms with Crippen LogP contribution in [0.1, 0.15) is 32.6 Å². The Labute approximate surface area is 131 Å². The van der Waals surface area contributed by atoms with Crippen LogP contribution in [0.5, 0.6) is 5.75 Å². The molecule has 122 valence electrons. The van der Waals surface area contributed by atoms with Gasteiger partial charge in [0.15, 0.2) is 11.6 Å². The van der Waals surface area contributed by atoms with Gasteiger partial charge in [0, 0.05) is 12.6 Å². The lowest BCUT2D eigenvalue weighted by Crippen LogP contribution is -2.47. The summed E-state index contributed by atoms with van der Waals surface area (Å²) in [6.45, 7) is 2.79. The van der Waals surface area contributed by atoms with Crippen molar-refractivity contribution in [3.05, 3.63) is 30.1 Å². The molecule has 4 nitrogen and oxygen atoms in total. The molecule has 1 aromatic rings. The Kier molecular flexibility index (Phi) is 6.19. The average Bonchev–Trinajstić information content (AvgIpc) is 3.01. The zero-order valence-electron chi connectivity index (χ0n) is 13.3. The van der Waals surface area contributed by atoms with Crippen LogP contribution in [0.4, 0.5) is 4.39 Å². The van der Waals surface area contributed by atoms with E-state index in [4.69, 9.17) is 4.74 Å². The zero-order valence-corrected chi connectivity index (χ0v) is 13.3. The van der Waals surface area contributed by atoms with Gasteiger partial charge in [0.05, 0.1) is 6.04 Å². The molecule has 2 rings (SSSR count). The highest BCUT2D eigenvalue weighted by atomic mass is 19.1. The zero-order chi connectivity index (χ0) is 15.9. The quantitative estimate of drug-likeness (QED) is 0.842. The molecule has 0 spiro atoms. The molecule has 1 aliphatic rings. The number of amides is 1. The average molecular weight is 308 g/mol. The van der Waals surface area contributed by atoms with Crippen molar-refractivity contribution in [3.8, 4) is 5.75 Å². The number of hydrogen-bond donors (Lipinski definition) is 1. The van der Waals surface area contributed by atoms with Crippen molar-refractivity contribution in [1.82, 2.24) is 10.2 Å². The molecule has 0 saturated heterocycles. The number of para-hydroxylation sites is 1. The van der Waals surface area contributed by atoms with Gasteiger partial charge in [0.1, 0.15) is 6.61 Å². The lowest BCUT2D eigenvalue weighted by molar-refractivity contribution is -0.126. The molecule has 0 heterocycles. The highest BCUT2D eigenvalue weighted by Gasteiger charge is 2.22. The predicted molar refractivity (Wildman–Crippen MR) is 84.4 cm³/mol. The van der Waals surface area contributed by atoms with Crippen molar-refractivity contribution in [2.45, 2.75) is 44.7 Å². The smallest absolute Gasteiger partial charge is 0.237 e. The molecule has 0 unspecified atom stereocenters. The number of carbonyl (C=O) groups excluding carboxylic acids is 1. The second-order valence-electron chi connectivity index (χ2n) is 5.93. The van der Waals surface area contributed by atoms with Crippen LogP contribution in [-0.2, 0) is 4.79 Å². The van der Waals surface area contributed by atoms with Crippen LogP contribution in [0.15, 0.2) is 24.3 Å². The Bertz CT molecular complexity index is 489. The van der Waals surface area contributed by atoms with Crippen LogP contribution in [0.3, 0.4) is 0 Å². The molecule has 1 aliphatic carbocycles. The molecule has 22 heavy (non-hydrogen) atoms. The molecule has 0 aromatic heterocycles. The number of benzene rings is 1. The molecule has 0 aliphatic heterocycles. The first-order valence-corrected chi connectivity index (χ1v) is 7.96. The van der Waals surface area contributed by atoms with Gasteiger partial charge in [-0.25, -0.2) is 4.39 Å². The molecule has 1 saturated carbocycles. The molecule has 1 fully saturated rings. The standard InChI is InChI=1S/C17H25FN2O2/c1-13(17(21)19-14-7-3-4-8-14)20(2)11-12-22-16-10-6-5-9-15(16)18/h5-6,9-10,13-14H,3-4,7-8,11-12H2,1-2H3,(H,19,21)/t13-/m1/s1. The van der Waals surface area contributed by atoms with Crippen LogP contribution in [0.25, 0.3) is 0 Å². The molecular weight excluding hydrogens is 283 g/mol. The summed E-state index contributed by atoms with van der Waals surface area (Å²) in [4.78, 5) is 14.1. The van der Waals surface area contributed by atoms with Gasteiger partial charge in [-0.2, -0.15) is 0 Å². The normalized spacial score (nSPS) is 16.7. The topological polar surface area (TPSA) is 41.6 Å². The van der Waals surface area contributed by atoms with Crippen molar-refractivity contribution >= 4 is 5.91 Å². The minimum Gasteiger partial charge on any atom is -0.489 e. The van der Waals surface area contributed by atoms with Crippen molar-refractivity contribution in [1.29, 1.82) is 0 Å². The van der Waals surface area contributed by atoms with Crippen LogP contribution in [-0.4, -0.2) is 43.1 Å². The summed E-state index contributed by atoms with van der Waals surface area (Å²) in [6, 6.07) is 6.45. The largest absolute Gasteiger partial charge is 0.489 e. The summed E-state index contributed by atoms with van der Waals surface area (Å²) in [7, 11) is 1.88. The van der Waals surface area contributed by atoms with Gasteiger partial charge in [0.2, 0.25) is 5.91 Å². The van der Waals surface area contributed by atoms with E-state index in [0.717, 1.165) is 12.8 Å². The van der Waals surface area contributed by atoms with E-state index >= 15 is 0 Å². The maximum Gasteiger partial charge on any atom is 0.237 e. The molecule has 1 aromatic carbocycles. The van der Waals surface area contributed by atoms with Crippen LogP contribution in [0.2, 0.25) is 0 Å². The second-order valence-corrected chi connectivity index (χ2v) is 5.93. The second kappa shape index (κ2) is 8.13. The number of halogens is 1. The molecule has 0 radical (unpaired) electrons. The molecule has 1 atom stereocenters. The minimum absolute atomic E-state index is 0.0558. The first-order valence-electron chi connectivity index (χ1n) is 7.96. The van der Waals surface area contributed by atoms with E-state index in [1.165, 1.54) is 18.9 Å². The van der Waals surface area contributed by atoms with E-state index < -0.39 is 0 Å². The Morgan fingerprint density at radius 2 is 2.09 bits per heavy atom. The Hall–Kier alpha value is -1.62. The summed E-state index contributed by atoms with van der Waals surface area (Å²) in [5.41, 5.74) is 0. The van der Waals surface area contributed by atoms with E-state index in [0.29, 0.717) is 19.2 Å². The van der Waals surface area contributed by atoms with Gasteiger partial charge in [-0.3, -0.25) is 9.69 Å². The first kappa shape index (κ1) is 16.7. The molecule has 5 heteroatoms. The summed E-state index contributed by atoms with van der Waals surface area (Å²) in [6.07, 6.45) is 4.56. The highest BCUT2D eigenvalue weighted by molar-refractivity contribution is 5.81. The Morgan fingerprint density at radius 3 is 2.77 bits per heavy atom. The fraction of sp³-hybridized carbons (Fsp3) is 0.588. The summed E-state index contributed by atoms with van der Waals surface area (Å²) in [5.74, 6) is -0.0589. The fourth-order valence-corrected chi connectivity index (χ4v) is 2.65. The Balaban J connectivity index is 1.72. The lowest BCUT2D eigenvalue weighted by Gasteiger charge is -2.25. The van der Waals surface area contributed by atoms with Gasteiger partial charge in [-0.05, 0) is 38.9 Å². The number of rotatable bonds is 7. The van der Waals surface area contributed by atoms with Crippen molar-refractivity contribution in [3.63, 3.8) is 0 Å². The van der Waals surface area contributed by atoms with Crippen LogP contribution in [0, 0.1) is 5.82 Å². The number of nitrogens with zero attached hydrogens (tertiary/aromatic N) is 1. The van der Waals surface area contributed by atoms with Crippen molar-refractivity contribution in [2.75, 3.05) is 20.2 Å². The van der Waals surface area contributed by atoms with Crippen LogP contribution >= 0.6 is 0 Å². The minimum atomic E-state index is -0.364. The van der Waals surface area contributed by atoms with Crippen molar-refractivity contribution in [2.24, 2.45) is 0 Å². The van der Waals surface area contributed by atoms with E-state index in [1.807, 2.05) is 18.9 Å². The third-order valence-corrected chi connectivity index (χ3v) is 4.28. The Morgan fingerprint density at radius 1 is 1.41 bits per heavy atom. The maximum atomic E-state index is 13.4. The van der Waals surface area contributed by atoms with E-state index in [9.17, 15) is 9.18 Å². The van der Waals surface area contributed by atoms with Gasteiger partial charge < -0.3 is 10.1 Å². The van der Waals surface area contributed by atoms with Crippen LogP contribution < -0.4 is 10.1 Å². The summed E-state index contributed by atoms with van der Waals surface area (Å²) in [5, 5.41) is 3.10. The molecule has 1 N–H and O–H groups in total. The molecular formula is C17H25FN2O2. The highest BCUT2D eigenvalue weighted by Crippen LogP contribution is 2.18. The van der Waals surface area contributed by atoms with Gasteiger partial charge in [0.25, 0.3) is 0 Å². The molecule has 0 bridgehead atoms. The summed E-state index contributed by atoms with van der Waals surface area (Å²) < 4.78 is 18.8. The number of carbonyl (C=O) groups is 1. The molecule has 1 amide bonds. The van der Waals surface area contributed by atoms with E-state index in [2.05, 4.69) is 5.32 Å². The lowest BCUT2D eigenvalue weighted by atomic mass is 10.2. The third-order valence-electron chi connectivity index (χ3n) is 4.28. The number of nitrogens with one attached hydrogen (secondary N) is 1. The predicted octanol–water partition coefficient (Wildman–Crippen LogP) is 2.58. The third kappa shape index (κ3) is 4.70. The van der Waals surface area contributed by atoms with Gasteiger partial charge in [-0.15, -0.1) is 0 Å². The summed E-state index contributed by atoms with van der Waals surface area (Å²) >= 11 is 0. The fourth-order valence-electron chi connectivity index (χ4n) is 2.65. The van der Waals surface area contributed by atoms with E-state index in [-0.39, 0.29) is 23.5 Å². The number of hydrogen-bond acceptors (Lipinski definition) is 3. The van der Waals surface area contributed by atoms with Crippen molar-refractivity contribution < 1.29 is 13.9 Å². The number of likely N-dealkylation sites (N-methyl/N-ethyl adjacent to an activating group) is 1. The number of ether oxygens (including phenoxy) is 1. The monoisotopic (exact) mass is 308 g/mol.